The molecule has 0 aliphatic carbocycles. The van der Waals surface area contributed by atoms with E-state index in [9.17, 15) is 8.42 Å². The maximum atomic E-state index is 12.1. The highest BCUT2D eigenvalue weighted by Gasteiger charge is 2.17. The number of hydrazone groups is 1. The van der Waals surface area contributed by atoms with Crippen molar-refractivity contribution in [1.29, 1.82) is 0 Å². The van der Waals surface area contributed by atoms with Crippen molar-refractivity contribution in [2.45, 2.75) is 24.7 Å². The predicted molar refractivity (Wildman–Crippen MR) is 176 cm³/mol. The van der Waals surface area contributed by atoms with E-state index < -0.39 is 10.0 Å². The van der Waals surface area contributed by atoms with E-state index in [0.717, 1.165) is 28.8 Å². The van der Waals surface area contributed by atoms with E-state index in [1.807, 2.05) is 67.6 Å². The van der Waals surface area contributed by atoms with Crippen molar-refractivity contribution >= 4 is 39.0 Å². The Morgan fingerprint density at radius 3 is 2.14 bits per heavy atom. The number of pyridine rings is 1. The highest BCUT2D eigenvalue weighted by Crippen LogP contribution is 2.28. The molecule has 0 atom stereocenters. The Morgan fingerprint density at radius 1 is 0.795 bits per heavy atom. The molecule has 3 aromatic carbocycles. The quantitative estimate of drug-likeness (QED) is 0.101. The lowest BCUT2D eigenvalue weighted by molar-refractivity contribution is 0.588. The van der Waals surface area contributed by atoms with Gasteiger partial charge >= 0.3 is 0 Å². The van der Waals surface area contributed by atoms with E-state index in [-0.39, 0.29) is 4.90 Å². The Hall–Kier alpha value is -5.13. The smallest absolute Gasteiger partial charge is 0.240 e. The van der Waals surface area contributed by atoms with Gasteiger partial charge in [-0.1, -0.05) is 60.7 Å². The van der Waals surface area contributed by atoms with Crippen LogP contribution in [0.4, 0.5) is 23.3 Å². The van der Waals surface area contributed by atoms with Gasteiger partial charge in [-0.2, -0.15) is 15.1 Å². The van der Waals surface area contributed by atoms with Crippen LogP contribution in [-0.2, 0) is 22.9 Å². The zero-order valence-corrected chi connectivity index (χ0v) is 25.3. The van der Waals surface area contributed by atoms with Gasteiger partial charge in [-0.15, -0.1) is 0 Å². The molecule has 0 saturated heterocycles. The van der Waals surface area contributed by atoms with Crippen molar-refractivity contribution in [1.82, 2.24) is 19.7 Å². The molecule has 0 radical (unpaired) electrons. The molecule has 5 aromatic rings. The van der Waals surface area contributed by atoms with Crippen molar-refractivity contribution in [2.75, 3.05) is 29.7 Å². The molecule has 0 aliphatic rings. The molecule has 0 bridgehead atoms. The molecule has 0 amide bonds. The van der Waals surface area contributed by atoms with Gasteiger partial charge in [-0.05, 0) is 73.5 Å². The molecular formula is C33H34N8O2S. The van der Waals surface area contributed by atoms with Gasteiger partial charge in [-0.3, -0.25) is 10.4 Å². The molecule has 0 unspecified atom stereocenters. The van der Waals surface area contributed by atoms with Crippen LogP contribution >= 0.6 is 0 Å². The van der Waals surface area contributed by atoms with Crippen molar-refractivity contribution < 1.29 is 8.42 Å². The zero-order chi connectivity index (χ0) is 30.8. The number of rotatable bonds is 13. The second kappa shape index (κ2) is 14.4. The van der Waals surface area contributed by atoms with Gasteiger partial charge in [0.2, 0.25) is 16.0 Å². The van der Waals surface area contributed by atoms with E-state index in [1.54, 1.807) is 36.7 Å². The van der Waals surface area contributed by atoms with Crippen LogP contribution in [0.5, 0.6) is 0 Å². The maximum absolute atomic E-state index is 12.1. The molecule has 11 heteroatoms. The number of anilines is 4. The minimum atomic E-state index is -3.53. The predicted octanol–water partition coefficient (Wildman–Crippen LogP) is 5.60. The molecule has 0 spiro atoms. The second-order valence-electron chi connectivity index (χ2n) is 9.95. The molecule has 2 aromatic heterocycles. The lowest BCUT2D eigenvalue weighted by atomic mass is 10.1. The van der Waals surface area contributed by atoms with Crippen molar-refractivity contribution in [3.8, 4) is 0 Å². The molecule has 44 heavy (non-hydrogen) atoms. The lowest BCUT2D eigenvalue weighted by Crippen LogP contribution is -2.18. The minimum absolute atomic E-state index is 0.185. The summed E-state index contributed by atoms with van der Waals surface area (Å²) < 4.78 is 26.6. The fourth-order valence-corrected chi connectivity index (χ4v) is 5.20. The summed E-state index contributed by atoms with van der Waals surface area (Å²) in [5.74, 6) is 1.65. The number of nitrogens with one attached hydrogen (secondary N) is 4. The number of para-hydroxylation sites is 1. The number of nitrogens with zero attached hydrogens (tertiary/aromatic N) is 4. The number of sulfonamides is 1. The Labute approximate surface area is 257 Å². The van der Waals surface area contributed by atoms with Gasteiger partial charge in [0, 0.05) is 36.6 Å². The molecule has 10 nitrogen and oxygen atoms in total. The molecular weight excluding hydrogens is 572 g/mol. The normalized spacial score (nSPS) is 11.6. The van der Waals surface area contributed by atoms with Gasteiger partial charge in [0.25, 0.3) is 0 Å². The third kappa shape index (κ3) is 8.03. The van der Waals surface area contributed by atoms with Crippen LogP contribution in [0.2, 0.25) is 0 Å². The summed E-state index contributed by atoms with van der Waals surface area (Å²) in [6, 6.07) is 30.4. The number of aromatic nitrogens is 3. The molecule has 0 saturated carbocycles. The molecule has 224 valence electrons. The van der Waals surface area contributed by atoms with E-state index in [4.69, 9.17) is 9.97 Å². The van der Waals surface area contributed by atoms with Crippen LogP contribution in [0, 0.1) is 0 Å². The Bertz CT molecular complexity index is 1800. The van der Waals surface area contributed by atoms with Gasteiger partial charge in [0.05, 0.1) is 10.6 Å². The molecule has 0 aliphatic heterocycles. The second-order valence-corrected chi connectivity index (χ2v) is 11.8. The SMILES string of the molecule is CNS(=O)(=O)c1ccc(C(C)=NNc2nc(Nc3ccccc3)nc(NCCc3ccncc3)c2Cc2ccccc2)cc1. The summed E-state index contributed by atoms with van der Waals surface area (Å²) in [6.45, 7) is 2.50. The molecule has 5 rings (SSSR count). The highest BCUT2D eigenvalue weighted by atomic mass is 32.2. The van der Waals surface area contributed by atoms with Crippen molar-refractivity contribution in [3.63, 3.8) is 0 Å². The first kappa shape index (κ1) is 30.3. The summed E-state index contributed by atoms with van der Waals surface area (Å²) in [5.41, 5.74) is 8.59. The van der Waals surface area contributed by atoms with Crippen LogP contribution in [0.1, 0.15) is 29.2 Å². The van der Waals surface area contributed by atoms with Crippen molar-refractivity contribution in [3.05, 3.63) is 132 Å². The molecule has 2 heterocycles. The van der Waals surface area contributed by atoms with E-state index in [2.05, 4.69) is 43.0 Å². The van der Waals surface area contributed by atoms with Gasteiger partial charge in [-0.25, -0.2) is 13.1 Å². The standard InChI is InChI=1S/C33H34N8O2S/c1-24(27-13-15-29(16-14-27)44(42,43)34-2)40-41-32-30(23-26-9-5-3-6-10-26)31(36-22-19-25-17-20-35-21-18-25)38-33(39-32)37-28-11-7-4-8-12-28/h3-18,20-21,34H,19,22-23H2,1-2H3,(H3,36,37,38,39,41). The summed E-state index contributed by atoms with van der Waals surface area (Å²) in [7, 11) is -2.15. The van der Waals surface area contributed by atoms with E-state index in [0.29, 0.717) is 36.3 Å². The average molecular weight is 607 g/mol. The van der Waals surface area contributed by atoms with Crippen LogP contribution in [0.15, 0.2) is 119 Å². The first-order valence-corrected chi connectivity index (χ1v) is 15.6. The number of hydrogen-bond donors (Lipinski definition) is 4. The van der Waals surface area contributed by atoms with Gasteiger partial charge in [0.15, 0.2) is 5.82 Å². The number of benzene rings is 3. The summed E-state index contributed by atoms with van der Waals surface area (Å²) >= 11 is 0. The van der Waals surface area contributed by atoms with Crippen LogP contribution in [0.3, 0.4) is 0 Å². The Kier molecular flexibility index (Phi) is 9.90. The van der Waals surface area contributed by atoms with Crippen LogP contribution in [-0.4, -0.2) is 42.7 Å². The minimum Gasteiger partial charge on any atom is -0.369 e. The van der Waals surface area contributed by atoms with Crippen LogP contribution in [0.25, 0.3) is 0 Å². The third-order valence-electron chi connectivity index (χ3n) is 6.90. The fourth-order valence-electron chi connectivity index (χ4n) is 4.47. The Balaban J connectivity index is 1.49. The van der Waals surface area contributed by atoms with Crippen molar-refractivity contribution in [2.24, 2.45) is 5.10 Å². The van der Waals surface area contributed by atoms with Gasteiger partial charge in [0.1, 0.15) is 5.82 Å². The molecule has 4 N–H and O–H groups in total. The number of hydrogen-bond acceptors (Lipinski definition) is 9. The topological polar surface area (TPSA) is 133 Å². The summed E-state index contributed by atoms with van der Waals surface area (Å²) in [5, 5.41) is 11.5. The van der Waals surface area contributed by atoms with Gasteiger partial charge < -0.3 is 10.6 Å². The molecule has 0 fully saturated rings. The summed E-state index contributed by atoms with van der Waals surface area (Å²) in [6.07, 6.45) is 4.94. The van der Waals surface area contributed by atoms with Crippen LogP contribution < -0.4 is 20.8 Å². The first-order chi connectivity index (χ1) is 21.4. The largest absolute Gasteiger partial charge is 0.369 e. The lowest BCUT2D eigenvalue weighted by Gasteiger charge is -2.17. The maximum Gasteiger partial charge on any atom is 0.240 e. The Morgan fingerprint density at radius 2 is 1.45 bits per heavy atom. The summed E-state index contributed by atoms with van der Waals surface area (Å²) in [4.78, 5) is 14.0. The average Bonchev–Trinajstić information content (AvgIpc) is 3.06. The third-order valence-corrected chi connectivity index (χ3v) is 8.33. The highest BCUT2D eigenvalue weighted by molar-refractivity contribution is 7.89. The fraction of sp³-hybridized carbons (Fsp3) is 0.152. The van der Waals surface area contributed by atoms with E-state index in [1.165, 1.54) is 12.6 Å². The van der Waals surface area contributed by atoms with E-state index >= 15 is 0 Å². The monoisotopic (exact) mass is 606 g/mol. The first-order valence-electron chi connectivity index (χ1n) is 14.2. The zero-order valence-electron chi connectivity index (χ0n) is 24.5.